The SMILES string of the molecule is CC(C)(C)c1ccc(C2CCN(CC(F)F)CC2)cc1. The average molecular weight is 281 g/mol. The van der Waals surface area contributed by atoms with Gasteiger partial charge in [-0.3, -0.25) is 4.90 Å². The van der Waals surface area contributed by atoms with Crippen LogP contribution in [0.5, 0.6) is 0 Å². The molecule has 112 valence electrons. The number of alkyl halides is 2. The first-order chi connectivity index (χ1) is 9.36. The van der Waals surface area contributed by atoms with Crippen LogP contribution in [0.25, 0.3) is 0 Å². The van der Waals surface area contributed by atoms with Crippen molar-refractivity contribution in [1.82, 2.24) is 4.90 Å². The molecule has 0 aliphatic carbocycles. The maximum atomic E-state index is 12.4. The van der Waals surface area contributed by atoms with Crippen molar-refractivity contribution in [3.63, 3.8) is 0 Å². The van der Waals surface area contributed by atoms with E-state index in [4.69, 9.17) is 0 Å². The maximum Gasteiger partial charge on any atom is 0.251 e. The van der Waals surface area contributed by atoms with Crippen molar-refractivity contribution in [1.29, 1.82) is 0 Å². The van der Waals surface area contributed by atoms with Crippen molar-refractivity contribution in [2.24, 2.45) is 0 Å². The predicted octanol–water partition coefficient (Wildman–Crippen LogP) is 4.43. The molecule has 1 nitrogen and oxygen atoms in total. The molecule has 1 fully saturated rings. The van der Waals surface area contributed by atoms with Crippen LogP contribution in [-0.2, 0) is 5.41 Å². The molecule has 1 aliphatic heterocycles. The third kappa shape index (κ3) is 4.02. The van der Waals surface area contributed by atoms with E-state index in [0.717, 1.165) is 25.9 Å². The zero-order valence-corrected chi connectivity index (χ0v) is 12.7. The van der Waals surface area contributed by atoms with Crippen LogP contribution in [0, 0.1) is 0 Å². The van der Waals surface area contributed by atoms with Gasteiger partial charge < -0.3 is 0 Å². The molecule has 1 aromatic carbocycles. The van der Waals surface area contributed by atoms with Crippen molar-refractivity contribution in [3.8, 4) is 0 Å². The van der Waals surface area contributed by atoms with Crippen molar-refractivity contribution >= 4 is 0 Å². The molecular weight excluding hydrogens is 256 g/mol. The van der Waals surface area contributed by atoms with Crippen LogP contribution in [0.1, 0.15) is 50.7 Å². The average Bonchev–Trinajstić information content (AvgIpc) is 2.38. The highest BCUT2D eigenvalue weighted by Crippen LogP contribution is 2.30. The Morgan fingerprint density at radius 2 is 1.65 bits per heavy atom. The van der Waals surface area contributed by atoms with E-state index >= 15 is 0 Å². The summed E-state index contributed by atoms with van der Waals surface area (Å²) in [6.45, 7) is 8.14. The third-order valence-electron chi connectivity index (χ3n) is 4.23. The van der Waals surface area contributed by atoms with Gasteiger partial charge in [0.2, 0.25) is 0 Å². The summed E-state index contributed by atoms with van der Waals surface area (Å²) in [6.07, 6.45) is -0.235. The highest BCUT2D eigenvalue weighted by molar-refractivity contribution is 5.29. The first-order valence-electron chi connectivity index (χ1n) is 7.47. The number of piperidine rings is 1. The first kappa shape index (κ1) is 15.4. The second-order valence-electron chi connectivity index (χ2n) is 6.84. The lowest BCUT2D eigenvalue weighted by molar-refractivity contribution is 0.0754. The van der Waals surface area contributed by atoms with Crippen molar-refractivity contribution in [2.75, 3.05) is 19.6 Å². The Bertz CT molecular complexity index is 412. The molecule has 0 unspecified atom stereocenters. The summed E-state index contributed by atoms with van der Waals surface area (Å²) < 4.78 is 24.7. The van der Waals surface area contributed by atoms with Crippen molar-refractivity contribution in [2.45, 2.75) is 51.4 Å². The molecule has 0 N–H and O–H groups in total. The van der Waals surface area contributed by atoms with Crippen LogP contribution in [0.2, 0.25) is 0 Å². The smallest absolute Gasteiger partial charge is 0.251 e. The summed E-state index contributed by atoms with van der Waals surface area (Å²) in [6, 6.07) is 8.85. The molecule has 3 heteroatoms. The van der Waals surface area contributed by atoms with E-state index in [2.05, 4.69) is 45.0 Å². The Balaban J connectivity index is 1.94. The molecule has 0 aromatic heterocycles. The standard InChI is InChI=1S/C17H25F2N/c1-17(2,3)15-6-4-13(5-7-15)14-8-10-20(11-9-14)12-16(18)19/h4-7,14,16H,8-12H2,1-3H3. The number of halogens is 2. The highest BCUT2D eigenvalue weighted by atomic mass is 19.3. The molecule has 0 amide bonds. The summed E-state index contributed by atoms with van der Waals surface area (Å²) in [5.74, 6) is 0.526. The van der Waals surface area contributed by atoms with Crippen molar-refractivity contribution in [3.05, 3.63) is 35.4 Å². The number of hydrogen-bond acceptors (Lipinski definition) is 1. The Hall–Kier alpha value is -0.960. The molecule has 0 atom stereocenters. The summed E-state index contributed by atoms with van der Waals surface area (Å²) in [7, 11) is 0. The van der Waals surface area contributed by atoms with E-state index in [-0.39, 0.29) is 12.0 Å². The van der Waals surface area contributed by atoms with Gasteiger partial charge in [-0.15, -0.1) is 0 Å². The number of likely N-dealkylation sites (tertiary alicyclic amines) is 1. The van der Waals surface area contributed by atoms with Gasteiger partial charge in [-0.25, -0.2) is 8.78 Å². The van der Waals surface area contributed by atoms with Gasteiger partial charge in [0, 0.05) is 0 Å². The minimum Gasteiger partial charge on any atom is -0.298 e. The minimum absolute atomic E-state index is 0.0737. The van der Waals surface area contributed by atoms with Gasteiger partial charge in [-0.1, -0.05) is 45.0 Å². The number of benzene rings is 1. The Labute approximate surface area is 121 Å². The topological polar surface area (TPSA) is 3.24 Å². The minimum atomic E-state index is -2.21. The number of rotatable bonds is 3. The van der Waals surface area contributed by atoms with Crippen LogP contribution in [0.3, 0.4) is 0 Å². The fraction of sp³-hybridized carbons (Fsp3) is 0.647. The lowest BCUT2D eigenvalue weighted by Gasteiger charge is -2.32. The second kappa shape index (κ2) is 6.21. The van der Waals surface area contributed by atoms with Crippen LogP contribution in [-0.4, -0.2) is 31.0 Å². The van der Waals surface area contributed by atoms with Crippen molar-refractivity contribution < 1.29 is 8.78 Å². The summed E-state index contributed by atoms with van der Waals surface area (Å²) in [4.78, 5) is 1.88. The molecule has 20 heavy (non-hydrogen) atoms. The molecular formula is C17H25F2N. The number of nitrogens with zero attached hydrogens (tertiary/aromatic N) is 1. The number of hydrogen-bond donors (Lipinski definition) is 0. The normalized spacial score (nSPS) is 18.7. The van der Waals surface area contributed by atoms with Gasteiger partial charge in [-0.05, 0) is 48.4 Å². The molecule has 1 saturated heterocycles. The molecule has 0 bridgehead atoms. The van der Waals surface area contributed by atoms with Gasteiger partial charge in [0.25, 0.3) is 6.43 Å². The maximum absolute atomic E-state index is 12.4. The van der Waals surface area contributed by atoms with Gasteiger partial charge in [0.1, 0.15) is 0 Å². The Morgan fingerprint density at radius 1 is 1.10 bits per heavy atom. The van der Waals surface area contributed by atoms with E-state index < -0.39 is 6.43 Å². The summed E-state index contributed by atoms with van der Waals surface area (Å²) >= 11 is 0. The van der Waals surface area contributed by atoms with Crippen LogP contribution in [0.15, 0.2) is 24.3 Å². The largest absolute Gasteiger partial charge is 0.298 e. The Kier molecular flexibility index (Phi) is 4.79. The molecule has 2 rings (SSSR count). The Morgan fingerprint density at radius 3 is 2.10 bits per heavy atom. The van der Waals surface area contributed by atoms with Crippen LogP contribution < -0.4 is 0 Å². The first-order valence-corrected chi connectivity index (χ1v) is 7.47. The van der Waals surface area contributed by atoms with Gasteiger partial charge in [-0.2, -0.15) is 0 Å². The second-order valence-corrected chi connectivity index (χ2v) is 6.84. The molecule has 0 radical (unpaired) electrons. The van der Waals surface area contributed by atoms with Gasteiger partial charge >= 0.3 is 0 Å². The monoisotopic (exact) mass is 281 g/mol. The van der Waals surface area contributed by atoms with Gasteiger partial charge in [0.15, 0.2) is 0 Å². The molecule has 0 saturated carbocycles. The highest BCUT2D eigenvalue weighted by Gasteiger charge is 2.23. The summed E-state index contributed by atoms with van der Waals surface area (Å²) in [5.41, 5.74) is 2.88. The summed E-state index contributed by atoms with van der Waals surface area (Å²) in [5, 5.41) is 0. The quantitative estimate of drug-likeness (QED) is 0.792. The van der Waals surface area contributed by atoms with E-state index in [0.29, 0.717) is 5.92 Å². The lowest BCUT2D eigenvalue weighted by atomic mass is 9.84. The van der Waals surface area contributed by atoms with Crippen LogP contribution >= 0.6 is 0 Å². The zero-order chi connectivity index (χ0) is 14.8. The van der Waals surface area contributed by atoms with Crippen LogP contribution in [0.4, 0.5) is 8.78 Å². The fourth-order valence-electron chi connectivity index (χ4n) is 2.90. The van der Waals surface area contributed by atoms with E-state index in [1.54, 1.807) is 0 Å². The zero-order valence-electron chi connectivity index (χ0n) is 12.7. The van der Waals surface area contributed by atoms with E-state index in [9.17, 15) is 8.78 Å². The van der Waals surface area contributed by atoms with E-state index in [1.807, 2.05) is 4.90 Å². The predicted molar refractivity (Wildman–Crippen MR) is 79.6 cm³/mol. The molecule has 1 heterocycles. The molecule has 1 aromatic rings. The fourth-order valence-corrected chi connectivity index (χ4v) is 2.90. The van der Waals surface area contributed by atoms with E-state index in [1.165, 1.54) is 11.1 Å². The van der Waals surface area contributed by atoms with Gasteiger partial charge in [0.05, 0.1) is 6.54 Å². The molecule has 0 spiro atoms. The third-order valence-corrected chi connectivity index (χ3v) is 4.23. The molecule has 1 aliphatic rings. The lowest BCUT2D eigenvalue weighted by Crippen LogP contribution is -2.36.